The SMILES string of the molecule is CC(=O)NCC[C@H]1[C@@H](c2c(C)[nH]c3ccccc23)C1(C)C. The first-order valence-electron chi connectivity index (χ1n) is 7.74. The van der Waals surface area contributed by atoms with E-state index in [4.69, 9.17) is 0 Å². The molecule has 2 N–H and O–H groups in total. The Morgan fingerprint density at radius 2 is 2.05 bits per heavy atom. The second-order valence-electron chi connectivity index (χ2n) is 6.89. The van der Waals surface area contributed by atoms with E-state index in [9.17, 15) is 4.79 Å². The molecule has 3 rings (SSSR count). The maximum atomic E-state index is 11.0. The summed E-state index contributed by atoms with van der Waals surface area (Å²) in [6.45, 7) is 9.23. The van der Waals surface area contributed by atoms with Crippen molar-refractivity contribution in [1.82, 2.24) is 10.3 Å². The first-order chi connectivity index (χ1) is 9.93. The number of hydrogen-bond donors (Lipinski definition) is 2. The molecule has 2 atom stereocenters. The van der Waals surface area contributed by atoms with Gasteiger partial charge in [0.2, 0.25) is 5.91 Å². The third-order valence-corrected chi connectivity index (χ3v) is 5.13. The van der Waals surface area contributed by atoms with Crippen molar-refractivity contribution < 1.29 is 4.79 Å². The summed E-state index contributed by atoms with van der Waals surface area (Å²) in [5.74, 6) is 1.29. The average Bonchev–Trinajstić information content (AvgIpc) is 2.77. The van der Waals surface area contributed by atoms with Crippen molar-refractivity contribution in [3.8, 4) is 0 Å². The molecule has 1 heterocycles. The van der Waals surface area contributed by atoms with Crippen molar-refractivity contribution in [2.45, 2.75) is 40.0 Å². The zero-order chi connectivity index (χ0) is 15.2. The normalized spacial score (nSPS) is 23.2. The number of aryl methyl sites for hydroxylation is 1. The lowest BCUT2D eigenvalue weighted by atomic mass is 10.0. The number of aromatic amines is 1. The molecule has 0 saturated heterocycles. The van der Waals surface area contributed by atoms with Gasteiger partial charge in [0, 0.05) is 30.1 Å². The molecule has 3 nitrogen and oxygen atoms in total. The number of nitrogens with one attached hydrogen (secondary N) is 2. The van der Waals surface area contributed by atoms with Crippen LogP contribution in [0.1, 0.15) is 44.4 Å². The highest BCUT2D eigenvalue weighted by atomic mass is 16.1. The van der Waals surface area contributed by atoms with Crippen LogP contribution in [0.3, 0.4) is 0 Å². The Bertz CT molecular complexity index is 684. The maximum absolute atomic E-state index is 11.0. The van der Waals surface area contributed by atoms with Crippen LogP contribution in [0.15, 0.2) is 24.3 Å². The van der Waals surface area contributed by atoms with Crippen molar-refractivity contribution in [2.75, 3.05) is 6.54 Å². The van der Waals surface area contributed by atoms with Crippen molar-refractivity contribution in [2.24, 2.45) is 11.3 Å². The molecule has 21 heavy (non-hydrogen) atoms. The second kappa shape index (κ2) is 4.90. The van der Waals surface area contributed by atoms with Gasteiger partial charge in [-0.3, -0.25) is 4.79 Å². The molecule has 1 aliphatic carbocycles. The van der Waals surface area contributed by atoms with Gasteiger partial charge in [0.05, 0.1) is 0 Å². The Morgan fingerprint density at radius 3 is 2.76 bits per heavy atom. The standard InChI is InChI=1S/C18H24N2O/c1-11-16(13-7-5-6-8-15(13)20-11)17-14(18(17,3)4)9-10-19-12(2)21/h5-8,14,17,20H,9-10H2,1-4H3,(H,19,21)/t14-,17-/m0/s1. The minimum absolute atomic E-state index is 0.0632. The molecular weight excluding hydrogens is 260 g/mol. The quantitative estimate of drug-likeness (QED) is 0.882. The van der Waals surface area contributed by atoms with E-state index < -0.39 is 0 Å². The Kier molecular flexibility index (Phi) is 3.31. The Labute approximate surface area is 126 Å². The summed E-state index contributed by atoms with van der Waals surface area (Å²) >= 11 is 0. The zero-order valence-electron chi connectivity index (χ0n) is 13.3. The van der Waals surface area contributed by atoms with Gasteiger partial charge in [-0.1, -0.05) is 32.0 Å². The van der Waals surface area contributed by atoms with E-state index in [1.54, 1.807) is 6.92 Å². The molecule has 0 radical (unpaired) electrons. The number of H-pyrrole nitrogens is 1. The highest BCUT2D eigenvalue weighted by Crippen LogP contribution is 2.67. The van der Waals surface area contributed by atoms with E-state index in [0.29, 0.717) is 17.3 Å². The van der Waals surface area contributed by atoms with Gasteiger partial charge in [0.25, 0.3) is 0 Å². The Morgan fingerprint density at radius 1 is 1.33 bits per heavy atom. The summed E-state index contributed by atoms with van der Waals surface area (Å²) < 4.78 is 0. The van der Waals surface area contributed by atoms with Gasteiger partial charge >= 0.3 is 0 Å². The number of carbonyl (C=O) groups is 1. The molecule has 0 unspecified atom stereocenters. The fraction of sp³-hybridized carbons (Fsp3) is 0.500. The summed E-state index contributed by atoms with van der Waals surface area (Å²) in [5, 5.41) is 4.28. The molecule has 0 aliphatic heterocycles. The van der Waals surface area contributed by atoms with E-state index in [0.717, 1.165) is 13.0 Å². The van der Waals surface area contributed by atoms with Crippen molar-refractivity contribution in [3.05, 3.63) is 35.5 Å². The molecule has 2 aromatic rings. The van der Waals surface area contributed by atoms with Crippen molar-refractivity contribution in [3.63, 3.8) is 0 Å². The topological polar surface area (TPSA) is 44.9 Å². The minimum Gasteiger partial charge on any atom is -0.358 e. The zero-order valence-corrected chi connectivity index (χ0v) is 13.3. The lowest BCUT2D eigenvalue weighted by molar-refractivity contribution is -0.118. The van der Waals surface area contributed by atoms with Gasteiger partial charge < -0.3 is 10.3 Å². The predicted octanol–water partition coefficient (Wildman–Crippen LogP) is 3.74. The van der Waals surface area contributed by atoms with Crippen LogP contribution >= 0.6 is 0 Å². The number of hydrogen-bond acceptors (Lipinski definition) is 1. The first kappa shape index (κ1) is 14.2. The van der Waals surface area contributed by atoms with Gasteiger partial charge in [-0.05, 0) is 42.2 Å². The summed E-state index contributed by atoms with van der Waals surface area (Å²) in [4.78, 5) is 14.5. The van der Waals surface area contributed by atoms with Gasteiger partial charge in [-0.15, -0.1) is 0 Å². The van der Waals surface area contributed by atoms with Gasteiger partial charge in [0.1, 0.15) is 0 Å². The van der Waals surface area contributed by atoms with Crippen LogP contribution in [0.5, 0.6) is 0 Å². The molecular formula is C18H24N2O. The molecule has 0 spiro atoms. The molecule has 1 aromatic carbocycles. The number of benzene rings is 1. The van der Waals surface area contributed by atoms with Crippen LogP contribution in [-0.4, -0.2) is 17.4 Å². The minimum atomic E-state index is 0.0632. The van der Waals surface area contributed by atoms with Crippen LogP contribution in [0.2, 0.25) is 0 Å². The summed E-state index contributed by atoms with van der Waals surface area (Å²) in [6.07, 6.45) is 1.05. The van der Waals surface area contributed by atoms with Crippen molar-refractivity contribution in [1.29, 1.82) is 0 Å². The first-order valence-corrected chi connectivity index (χ1v) is 7.74. The number of amides is 1. The lowest BCUT2D eigenvalue weighted by Gasteiger charge is -2.03. The van der Waals surface area contributed by atoms with Crippen molar-refractivity contribution >= 4 is 16.8 Å². The van der Waals surface area contributed by atoms with E-state index >= 15 is 0 Å². The van der Waals surface area contributed by atoms with Crippen LogP contribution in [-0.2, 0) is 4.79 Å². The fourth-order valence-corrected chi connectivity index (χ4v) is 3.96. The largest absolute Gasteiger partial charge is 0.358 e. The molecule has 1 aromatic heterocycles. The average molecular weight is 284 g/mol. The second-order valence-corrected chi connectivity index (χ2v) is 6.89. The monoisotopic (exact) mass is 284 g/mol. The maximum Gasteiger partial charge on any atom is 0.216 e. The number of para-hydroxylation sites is 1. The van der Waals surface area contributed by atoms with Crippen LogP contribution in [0, 0.1) is 18.3 Å². The predicted molar refractivity (Wildman–Crippen MR) is 86.3 cm³/mol. The number of fused-ring (bicyclic) bond motifs is 1. The third-order valence-electron chi connectivity index (χ3n) is 5.13. The smallest absolute Gasteiger partial charge is 0.216 e. The van der Waals surface area contributed by atoms with E-state index in [2.05, 4.69) is 55.3 Å². The van der Waals surface area contributed by atoms with Gasteiger partial charge in [0.15, 0.2) is 0 Å². The molecule has 1 saturated carbocycles. The van der Waals surface area contributed by atoms with Crippen LogP contribution in [0.25, 0.3) is 10.9 Å². The third kappa shape index (κ3) is 2.35. The molecule has 3 heteroatoms. The number of aromatic nitrogens is 1. The summed E-state index contributed by atoms with van der Waals surface area (Å²) in [6, 6.07) is 8.55. The lowest BCUT2D eigenvalue weighted by Crippen LogP contribution is -2.21. The van der Waals surface area contributed by atoms with E-state index in [-0.39, 0.29) is 5.91 Å². The number of rotatable bonds is 4. The molecule has 1 aliphatic rings. The summed E-state index contributed by atoms with van der Waals surface area (Å²) in [5.41, 5.74) is 4.31. The van der Waals surface area contributed by atoms with Crippen LogP contribution < -0.4 is 5.32 Å². The van der Waals surface area contributed by atoms with Gasteiger partial charge in [-0.2, -0.15) is 0 Å². The number of carbonyl (C=O) groups excluding carboxylic acids is 1. The van der Waals surface area contributed by atoms with Gasteiger partial charge in [-0.25, -0.2) is 0 Å². The van der Waals surface area contributed by atoms with E-state index in [1.807, 2.05) is 0 Å². The Hall–Kier alpha value is -1.77. The molecule has 112 valence electrons. The Balaban J connectivity index is 1.85. The highest BCUT2D eigenvalue weighted by molar-refractivity contribution is 5.86. The molecule has 1 amide bonds. The summed E-state index contributed by atoms with van der Waals surface area (Å²) in [7, 11) is 0. The highest BCUT2D eigenvalue weighted by Gasteiger charge is 2.58. The fourth-order valence-electron chi connectivity index (χ4n) is 3.96. The molecule has 0 bridgehead atoms. The molecule has 1 fully saturated rings. The van der Waals surface area contributed by atoms with Crippen LogP contribution in [0.4, 0.5) is 0 Å². The van der Waals surface area contributed by atoms with E-state index in [1.165, 1.54) is 22.2 Å².